The first-order chi connectivity index (χ1) is 16.1. The lowest BCUT2D eigenvalue weighted by atomic mass is 10.1. The lowest BCUT2D eigenvalue weighted by Gasteiger charge is -2.15. The van der Waals surface area contributed by atoms with Crippen LogP contribution in [0.1, 0.15) is 12.8 Å². The molecule has 33 heavy (non-hydrogen) atoms. The quantitative estimate of drug-likeness (QED) is 0.423. The van der Waals surface area contributed by atoms with E-state index in [0.717, 1.165) is 37.4 Å². The van der Waals surface area contributed by atoms with Crippen molar-refractivity contribution in [2.45, 2.75) is 12.8 Å². The Hall–Kier alpha value is -3.36. The maximum Gasteiger partial charge on any atom is 0.225 e. The molecule has 2 aromatic heterocycles. The number of nitrogens with one attached hydrogen (secondary N) is 1. The average Bonchev–Trinajstić information content (AvgIpc) is 3.47. The number of hydrogen-bond donors (Lipinski definition) is 2. The van der Waals surface area contributed by atoms with Crippen molar-refractivity contribution in [2.24, 2.45) is 0 Å². The Labute approximate surface area is 197 Å². The van der Waals surface area contributed by atoms with E-state index in [1.807, 2.05) is 36.4 Å². The van der Waals surface area contributed by atoms with Crippen LogP contribution in [0.15, 0.2) is 48.5 Å². The van der Waals surface area contributed by atoms with Gasteiger partial charge in [-0.15, -0.1) is 5.10 Å². The number of rotatable bonds is 7. The van der Waals surface area contributed by atoms with Gasteiger partial charge in [0.25, 0.3) is 0 Å². The maximum absolute atomic E-state index is 6.59. The second-order valence-electron chi connectivity index (χ2n) is 8.04. The van der Waals surface area contributed by atoms with E-state index in [-0.39, 0.29) is 0 Å². The molecule has 8 nitrogen and oxygen atoms in total. The Bertz CT molecular complexity index is 1270. The topological polar surface area (TPSA) is 94.1 Å². The van der Waals surface area contributed by atoms with Crippen LogP contribution in [0.3, 0.4) is 0 Å². The summed E-state index contributed by atoms with van der Waals surface area (Å²) in [6, 6.07) is 15.1. The van der Waals surface area contributed by atoms with Crippen molar-refractivity contribution in [1.82, 2.24) is 24.6 Å². The van der Waals surface area contributed by atoms with Gasteiger partial charge in [0.05, 0.1) is 23.9 Å². The first kappa shape index (κ1) is 21.5. The second kappa shape index (κ2) is 9.25. The van der Waals surface area contributed by atoms with Crippen molar-refractivity contribution in [1.29, 1.82) is 0 Å². The zero-order chi connectivity index (χ0) is 22.8. The molecular formula is C24H26ClN7O. The summed E-state index contributed by atoms with van der Waals surface area (Å²) in [4.78, 5) is 12.0. The van der Waals surface area contributed by atoms with Gasteiger partial charge in [-0.1, -0.05) is 23.7 Å². The molecule has 0 aliphatic carbocycles. The minimum absolute atomic E-state index is 0.455. The number of nitrogen functional groups attached to an aromatic ring is 1. The van der Waals surface area contributed by atoms with Gasteiger partial charge in [0, 0.05) is 23.7 Å². The number of ether oxygens (including phenoxy) is 1. The van der Waals surface area contributed by atoms with Gasteiger partial charge in [-0.25, -0.2) is 9.67 Å². The van der Waals surface area contributed by atoms with Gasteiger partial charge >= 0.3 is 0 Å². The molecule has 1 saturated heterocycles. The summed E-state index contributed by atoms with van der Waals surface area (Å²) in [5, 5.41) is 9.41. The molecular weight excluding hydrogens is 438 g/mol. The predicted molar refractivity (Wildman–Crippen MR) is 132 cm³/mol. The van der Waals surface area contributed by atoms with E-state index < -0.39 is 0 Å². The van der Waals surface area contributed by atoms with Gasteiger partial charge in [-0.05, 0) is 62.3 Å². The molecule has 170 valence electrons. The summed E-state index contributed by atoms with van der Waals surface area (Å²) in [5.74, 6) is 1.68. The maximum atomic E-state index is 6.59. The summed E-state index contributed by atoms with van der Waals surface area (Å²) in [7, 11) is 1.65. The molecule has 0 unspecified atom stereocenters. The lowest BCUT2D eigenvalue weighted by molar-refractivity contribution is 0.352. The van der Waals surface area contributed by atoms with Crippen LogP contribution in [0.25, 0.3) is 28.0 Å². The van der Waals surface area contributed by atoms with Crippen LogP contribution < -0.4 is 15.8 Å². The third-order valence-electron chi connectivity index (χ3n) is 5.91. The Morgan fingerprint density at radius 1 is 1.06 bits per heavy atom. The lowest BCUT2D eigenvalue weighted by Crippen LogP contribution is -2.26. The third-order valence-corrected chi connectivity index (χ3v) is 6.16. The van der Waals surface area contributed by atoms with Crippen LogP contribution in [-0.2, 0) is 0 Å². The van der Waals surface area contributed by atoms with E-state index in [9.17, 15) is 0 Å². The molecule has 4 aromatic rings. The minimum atomic E-state index is 0.455. The van der Waals surface area contributed by atoms with E-state index in [2.05, 4.69) is 15.2 Å². The number of para-hydroxylation sites is 1. The highest BCUT2D eigenvalue weighted by atomic mass is 35.5. The Morgan fingerprint density at radius 3 is 2.58 bits per heavy atom. The number of likely N-dealkylation sites (tertiary alicyclic amines) is 1. The predicted octanol–water partition coefficient (Wildman–Crippen LogP) is 4.23. The third kappa shape index (κ3) is 4.31. The van der Waals surface area contributed by atoms with E-state index in [4.69, 9.17) is 32.2 Å². The first-order valence-electron chi connectivity index (χ1n) is 11.1. The number of fused-ring (bicyclic) bond motifs is 1. The number of anilines is 2. The van der Waals surface area contributed by atoms with Crippen molar-refractivity contribution < 1.29 is 4.74 Å². The van der Waals surface area contributed by atoms with Crippen molar-refractivity contribution in [3.63, 3.8) is 0 Å². The monoisotopic (exact) mass is 463 g/mol. The zero-order valence-electron chi connectivity index (χ0n) is 18.5. The molecule has 1 fully saturated rings. The molecule has 0 radical (unpaired) electrons. The molecule has 0 bridgehead atoms. The van der Waals surface area contributed by atoms with Gasteiger partial charge in [0.2, 0.25) is 5.95 Å². The Kier molecular flexibility index (Phi) is 6.02. The molecule has 5 rings (SSSR count). The largest absolute Gasteiger partial charge is 0.496 e. The highest BCUT2D eigenvalue weighted by Gasteiger charge is 2.21. The normalized spacial score (nSPS) is 14.1. The first-order valence-corrected chi connectivity index (χ1v) is 11.4. The molecule has 3 heterocycles. The molecule has 0 amide bonds. The fourth-order valence-electron chi connectivity index (χ4n) is 4.24. The second-order valence-corrected chi connectivity index (χ2v) is 8.48. The summed E-state index contributed by atoms with van der Waals surface area (Å²) in [6.45, 7) is 4.00. The number of nitrogens with two attached hydrogens (primary N) is 1. The summed E-state index contributed by atoms with van der Waals surface area (Å²) < 4.78 is 7.28. The number of halogens is 1. The van der Waals surface area contributed by atoms with E-state index in [1.54, 1.807) is 23.9 Å². The van der Waals surface area contributed by atoms with E-state index in [0.29, 0.717) is 39.3 Å². The summed E-state index contributed by atoms with van der Waals surface area (Å²) in [5.41, 5.74) is 9.41. The summed E-state index contributed by atoms with van der Waals surface area (Å²) in [6.07, 6.45) is 2.53. The van der Waals surface area contributed by atoms with Crippen molar-refractivity contribution in [3.8, 4) is 22.7 Å². The van der Waals surface area contributed by atoms with Crippen molar-refractivity contribution in [2.75, 3.05) is 44.3 Å². The van der Waals surface area contributed by atoms with Crippen LogP contribution >= 0.6 is 11.6 Å². The molecule has 0 saturated carbocycles. The van der Waals surface area contributed by atoms with Crippen LogP contribution in [0.2, 0.25) is 5.02 Å². The minimum Gasteiger partial charge on any atom is -0.496 e. The number of aromatic nitrogens is 4. The van der Waals surface area contributed by atoms with Gasteiger partial charge < -0.3 is 20.7 Å². The Balaban J connectivity index is 1.59. The van der Waals surface area contributed by atoms with Gasteiger partial charge in [-0.3, -0.25) is 0 Å². The van der Waals surface area contributed by atoms with Crippen molar-refractivity contribution >= 4 is 34.4 Å². The summed E-state index contributed by atoms with van der Waals surface area (Å²) >= 11 is 6.06. The van der Waals surface area contributed by atoms with E-state index >= 15 is 0 Å². The molecule has 0 atom stereocenters. The highest BCUT2D eigenvalue weighted by Crippen LogP contribution is 2.37. The number of nitrogens with zero attached hydrogens (tertiary/aromatic N) is 5. The number of benzene rings is 2. The van der Waals surface area contributed by atoms with Crippen LogP contribution in [0.5, 0.6) is 5.75 Å². The number of hydrogen-bond acceptors (Lipinski definition) is 7. The highest BCUT2D eigenvalue weighted by molar-refractivity contribution is 6.30. The van der Waals surface area contributed by atoms with E-state index in [1.165, 1.54) is 12.8 Å². The molecule has 1 aliphatic heterocycles. The smallest absolute Gasteiger partial charge is 0.225 e. The Morgan fingerprint density at radius 2 is 1.82 bits per heavy atom. The van der Waals surface area contributed by atoms with Gasteiger partial charge in [0.15, 0.2) is 5.65 Å². The van der Waals surface area contributed by atoms with Gasteiger partial charge in [0.1, 0.15) is 11.6 Å². The van der Waals surface area contributed by atoms with Crippen molar-refractivity contribution in [3.05, 3.63) is 53.6 Å². The SMILES string of the molecule is COc1ccccc1-c1nc(NCCN2CCCC2)nc2nn(-c3ccc(Cl)cc3)c(N)c12. The van der Waals surface area contributed by atoms with Crippen LogP contribution in [-0.4, -0.2) is 57.9 Å². The van der Waals surface area contributed by atoms with Gasteiger partial charge in [-0.2, -0.15) is 4.98 Å². The molecule has 2 aromatic carbocycles. The van der Waals surface area contributed by atoms with Crippen LogP contribution in [0, 0.1) is 0 Å². The van der Waals surface area contributed by atoms with Crippen LogP contribution in [0.4, 0.5) is 11.8 Å². The molecule has 1 aliphatic rings. The average molecular weight is 464 g/mol. The molecule has 3 N–H and O–H groups in total. The standard InChI is InChI=1S/C24H26ClN7O/c1-33-19-7-3-2-6-18(19)21-20-22(26)32(17-10-8-16(25)9-11-17)30-23(20)29-24(28-21)27-12-15-31-13-4-5-14-31/h2-3,6-11H,4-5,12-15,26H2,1H3,(H,27,29,30). The zero-order valence-corrected chi connectivity index (χ0v) is 19.2. The molecule has 9 heteroatoms. The molecule has 0 spiro atoms. The number of methoxy groups -OCH3 is 1. The fraction of sp³-hybridized carbons (Fsp3) is 0.292. The fourth-order valence-corrected chi connectivity index (χ4v) is 4.36.